The van der Waals surface area contributed by atoms with E-state index in [4.69, 9.17) is 4.74 Å². The molecule has 0 radical (unpaired) electrons. The van der Waals surface area contributed by atoms with Gasteiger partial charge in [-0.05, 0) is 24.6 Å². The van der Waals surface area contributed by atoms with Gasteiger partial charge < -0.3 is 14.9 Å². The summed E-state index contributed by atoms with van der Waals surface area (Å²) in [5.41, 5.74) is -1.15. The standard InChI is InChI=1S/C20H15N3O7/c1-2-20(27)13-7-15-16-11(6-9-5-10(23(28)29)3-4-14(9)21-16)17(24)22(15)18(25)12(13)8-30-19(20)26/h3-7,17,24,27H,2,8H2,1H3/t17?,20-/m0/s1. The summed E-state index contributed by atoms with van der Waals surface area (Å²) in [6.45, 7) is 1.29. The average molecular weight is 409 g/mol. The van der Waals surface area contributed by atoms with Gasteiger partial charge in [-0.15, -0.1) is 0 Å². The van der Waals surface area contributed by atoms with Crippen molar-refractivity contribution in [2.45, 2.75) is 31.8 Å². The molecule has 4 heterocycles. The van der Waals surface area contributed by atoms with E-state index in [1.54, 1.807) is 13.0 Å². The summed E-state index contributed by atoms with van der Waals surface area (Å²) in [7, 11) is 0. The number of aliphatic hydroxyl groups excluding tert-OH is 1. The highest BCUT2D eigenvalue weighted by Gasteiger charge is 2.46. The van der Waals surface area contributed by atoms with Gasteiger partial charge in [0.25, 0.3) is 11.2 Å². The van der Waals surface area contributed by atoms with Gasteiger partial charge in [0.05, 0.1) is 27.4 Å². The molecule has 3 aromatic rings. The van der Waals surface area contributed by atoms with Gasteiger partial charge in [0.1, 0.15) is 6.61 Å². The topological polar surface area (TPSA) is 145 Å². The minimum Gasteiger partial charge on any atom is -0.458 e. The van der Waals surface area contributed by atoms with Crippen LogP contribution in [0.15, 0.2) is 35.1 Å². The molecule has 0 bridgehead atoms. The molecule has 2 aliphatic rings. The van der Waals surface area contributed by atoms with Gasteiger partial charge in [-0.1, -0.05) is 6.92 Å². The number of aromatic nitrogens is 2. The molecule has 10 heteroatoms. The third-order valence-corrected chi connectivity index (χ3v) is 5.79. The van der Waals surface area contributed by atoms with Crippen LogP contribution >= 0.6 is 0 Å². The molecule has 0 aliphatic carbocycles. The minimum atomic E-state index is -1.96. The number of rotatable bonds is 2. The number of carbonyl (C=O) groups excluding carboxylic acids is 1. The Labute approximate surface area is 168 Å². The van der Waals surface area contributed by atoms with Gasteiger partial charge in [-0.2, -0.15) is 0 Å². The fourth-order valence-corrected chi connectivity index (χ4v) is 4.13. The van der Waals surface area contributed by atoms with Crippen LogP contribution in [0.5, 0.6) is 0 Å². The summed E-state index contributed by atoms with van der Waals surface area (Å²) in [5.74, 6) is -0.834. The van der Waals surface area contributed by atoms with Crippen LogP contribution in [0, 0.1) is 10.1 Å². The number of hydrogen-bond acceptors (Lipinski definition) is 8. The zero-order valence-electron chi connectivity index (χ0n) is 15.7. The molecule has 1 aromatic carbocycles. The first-order valence-electron chi connectivity index (χ1n) is 9.22. The molecule has 2 aromatic heterocycles. The lowest BCUT2D eigenvalue weighted by molar-refractivity contribution is -0.384. The fourth-order valence-electron chi connectivity index (χ4n) is 4.13. The molecule has 1 unspecified atom stereocenters. The maximum absolute atomic E-state index is 13.1. The molecule has 2 aliphatic heterocycles. The van der Waals surface area contributed by atoms with Crippen molar-refractivity contribution in [3.05, 3.63) is 67.5 Å². The molecule has 0 saturated carbocycles. The molecule has 2 N–H and O–H groups in total. The predicted molar refractivity (Wildman–Crippen MR) is 102 cm³/mol. The van der Waals surface area contributed by atoms with Crippen molar-refractivity contribution in [3.8, 4) is 11.4 Å². The molecule has 2 atom stereocenters. The highest BCUT2D eigenvalue weighted by Crippen LogP contribution is 2.41. The van der Waals surface area contributed by atoms with E-state index in [0.717, 1.165) is 4.57 Å². The van der Waals surface area contributed by atoms with Crippen molar-refractivity contribution in [1.29, 1.82) is 0 Å². The second-order valence-electron chi connectivity index (χ2n) is 7.32. The van der Waals surface area contributed by atoms with Crippen LogP contribution in [-0.2, 0) is 21.7 Å². The van der Waals surface area contributed by atoms with Crippen molar-refractivity contribution < 1.29 is 24.7 Å². The number of nitrogens with zero attached hydrogens (tertiary/aromatic N) is 3. The smallest absolute Gasteiger partial charge is 0.343 e. The molecular weight excluding hydrogens is 394 g/mol. The Morgan fingerprint density at radius 3 is 2.80 bits per heavy atom. The van der Waals surface area contributed by atoms with Crippen LogP contribution in [0.4, 0.5) is 5.69 Å². The van der Waals surface area contributed by atoms with E-state index in [2.05, 4.69) is 4.98 Å². The number of non-ortho nitro benzene ring substituents is 1. The Balaban J connectivity index is 1.80. The normalized spacial score (nSPS) is 21.7. The molecule has 5 rings (SSSR count). The molecule has 30 heavy (non-hydrogen) atoms. The van der Waals surface area contributed by atoms with E-state index in [-0.39, 0.29) is 35.5 Å². The van der Waals surface area contributed by atoms with Gasteiger partial charge in [0.2, 0.25) is 0 Å². The van der Waals surface area contributed by atoms with Gasteiger partial charge in [0.15, 0.2) is 11.8 Å². The van der Waals surface area contributed by atoms with Crippen LogP contribution in [0.25, 0.3) is 22.3 Å². The van der Waals surface area contributed by atoms with E-state index in [0.29, 0.717) is 22.2 Å². The summed E-state index contributed by atoms with van der Waals surface area (Å²) in [6.07, 6.45) is -1.36. The van der Waals surface area contributed by atoms with Crippen LogP contribution in [-0.4, -0.2) is 30.7 Å². The first-order valence-corrected chi connectivity index (χ1v) is 9.22. The van der Waals surface area contributed by atoms with Crippen LogP contribution in [0.3, 0.4) is 0 Å². The van der Waals surface area contributed by atoms with E-state index in [1.165, 1.54) is 24.3 Å². The Hall–Kier alpha value is -3.63. The average Bonchev–Trinajstić information content (AvgIpc) is 3.00. The number of fused-ring (bicyclic) bond motifs is 5. The molecule has 0 spiro atoms. The molecular formula is C20H15N3O7. The number of hydrogen-bond donors (Lipinski definition) is 2. The summed E-state index contributed by atoms with van der Waals surface area (Å²) in [4.78, 5) is 40.3. The van der Waals surface area contributed by atoms with Gasteiger partial charge in [0, 0.05) is 28.6 Å². The number of carbonyl (C=O) groups is 1. The highest BCUT2D eigenvalue weighted by molar-refractivity contribution is 5.87. The Bertz CT molecular complexity index is 1350. The molecule has 0 fully saturated rings. The van der Waals surface area contributed by atoms with E-state index >= 15 is 0 Å². The predicted octanol–water partition coefficient (Wildman–Crippen LogP) is 1.48. The Kier molecular flexibility index (Phi) is 3.64. The quantitative estimate of drug-likeness (QED) is 0.368. The number of aliphatic hydroxyl groups is 2. The maximum atomic E-state index is 13.1. The van der Waals surface area contributed by atoms with E-state index in [9.17, 15) is 29.9 Å². The molecule has 152 valence electrons. The largest absolute Gasteiger partial charge is 0.458 e. The van der Waals surface area contributed by atoms with Crippen molar-refractivity contribution in [2.24, 2.45) is 0 Å². The van der Waals surface area contributed by atoms with Gasteiger partial charge in [-0.3, -0.25) is 19.5 Å². The number of benzene rings is 1. The lowest BCUT2D eigenvalue weighted by atomic mass is 9.86. The van der Waals surface area contributed by atoms with E-state index < -0.39 is 28.3 Å². The SMILES string of the molecule is CC[C@@]1(O)C(=O)OCc2c1cc1n(c2=O)C(O)c2cc3cc([N+](=O)[O-])ccc3nc2-1. The number of nitro benzene ring substituents is 1. The van der Waals surface area contributed by atoms with Gasteiger partial charge in [-0.25, -0.2) is 9.78 Å². The zero-order chi connectivity index (χ0) is 21.4. The van der Waals surface area contributed by atoms with Gasteiger partial charge >= 0.3 is 5.97 Å². The lowest BCUT2D eigenvalue weighted by Crippen LogP contribution is -2.44. The lowest BCUT2D eigenvalue weighted by Gasteiger charge is -2.31. The third kappa shape index (κ3) is 2.22. The van der Waals surface area contributed by atoms with Crippen molar-refractivity contribution >= 4 is 22.6 Å². The number of cyclic esters (lactones) is 1. The number of ether oxygens (including phenoxy) is 1. The number of pyridine rings is 2. The molecule has 0 saturated heterocycles. The first kappa shape index (κ1) is 18.4. The Morgan fingerprint density at radius 2 is 2.10 bits per heavy atom. The number of nitro groups is 1. The monoisotopic (exact) mass is 409 g/mol. The second kappa shape index (κ2) is 5.94. The van der Waals surface area contributed by atoms with Crippen LogP contribution < -0.4 is 5.56 Å². The fraction of sp³-hybridized carbons (Fsp3) is 0.250. The summed E-state index contributed by atoms with van der Waals surface area (Å²) < 4.78 is 6.12. The van der Waals surface area contributed by atoms with E-state index in [1.807, 2.05) is 0 Å². The maximum Gasteiger partial charge on any atom is 0.343 e. The summed E-state index contributed by atoms with van der Waals surface area (Å²) in [5, 5.41) is 33.2. The highest BCUT2D eigenvalue weighted by atomic mass is 16.6. The summed E-state index contributed by atoms with van der Waals surface area (Å²) in [6, 6.07) is 7.18. The minimum absolute atomic E-state index is 0.00591. The first-order chi connectivity index (χ1) is 14.3. The second-order valence-corrected chi connectivity index (χ2v) is 7.32. The summed E-state index contributed by atoms with van der Waals surface area (Å²) >= 11 is 0. The zero-order valence-corrected chi connectivity index (χ0v) is 15.7. The van der Waals surface area contributed by atoms with Crippen molar-refractivity contribution in [2.75, 3.05) is 0 Å². The van der Waals surface area contributed by atoms with Crippen LogP contribution in [0.1, 0.15) is 36.3 Å². The van der Waals surface area contributed by atoms with Crippen molar-refractivity contribution in [1.82, 2.24) is 9.55 Å². The van der Waals surface area contributed by atoms with Crippen LogP contribution in [0.2, 0.25) is 0 Å². The van der Waals surface area contributed by atoms with Crippen molar-refractivity contribution in [3.63, 3.8) is 0 Å². The Morgan fingerprint density at radius 1 is 1.33 bits per heavy atom. The number of esters is 1. The molecule has 10 nitrogen and oxygen atoms in total. The molecule has 0 amide bonds. The third-order valence-electron chi connectivity index (χ3n) is 5.79.